The number of ether oxygens (including phenoxy) is 3. The zero-order valence-electron chi connectivity index (χ0n) is 17.4. The summed E-state index contributed by atoms with van der Waals surface area (Å²) in [5.74, 6) is 2.41. The standard InChI is InChI=1S/C23H22ClN3O4/c1-29-19-9-7-15(12-18(19)24)26-23(28)27-13-17(16-5-4-10-25-22(16)27)14-6-8-20(30-2)21(11-14)31-3/h4-12,17H,13H2,1-3H3,(H,26,28). The van der Waals surface area contributed by atoms with Crippen LogP contribution in [0.2, 0.25) is 5.02 Å². The first-order valence-corrected chi connectivity index (χ1v) is 10.0. The fraction of sp³-hybridized carbons (Fsp3) is 0.217. The van der Waals surface area contributed by atoms with Crippen LogP contribution >= 0.6 is 11.6 Å². The van der Waals surface area contributed by atoms with Gasteiger partial charge in [-0.1, -0.05) is 23.7 Å². The van der Waals surface area contributed by atoms with E-state index in [0.29, 0.717) is 40.3 Å². The van der Waals surface area contributed by atoms with Crippen LogP contribution in [0.15, 0.2) is 54.7 Å². The summed E-state index contributed by atoms with van der Waals surface area (Å²) >= 11 is 6.19. The molecular formula is C23H22ClN3O4. The quantitative estimate of drug-likeness (QED) is 0.609. The molecule has 1 aliphatic rings. The van der Waals surface area contributed by atoms with E-state index >= 15 is 0 Å². The highest BCUT2D eigenvalue weighted by molar-refractivity contribution is 6.32. The highest BCUT2D eigenvalue weighted by Gasteiger charge is 2.35. The molecule has 8 heteroatoms. The van der Waals surface area contributed by atoms with Crippen LogP contribution in [0.25, 0.3) is 0 Å². The maximum atomic E-state index is 13.1. The number of rotatable bonds is 5. The molecule has 1 aliphatic heterocycles. The Bertz CT molecular complexity index is 1120. The zero-order valence-corrected chi connectivity index (χ0v) is 18.1. The lowest BCUT2D eigenvalue weighted by molar-refractivity contribution is 0.257. The molecule has 1 N–H and O–H groups in total. The minimum Gasteiger partial charge on any atom is -0.495 e. The third kappa shape index (κ3) is 3.96. The molecule has 2 aromatic carbocycles. The van der Waals surface area contributed by atoms with E-state index in [-0.39, 0.29) is 11.9 Å². The average Bonchev–Trinajstić information content (AvgIpc) is 3.18. The average molecular weight is 440 g/mol. The fourth-order valence-electron chi connectivity index (χ4n) is 3.74. The second-order valence-electron chi connectivity index (χ2n) is 6.97. The molecule has 1 atom stereocenters. The van der Waals surface area contributed by atoms with Crippen LogP contribution < -0.4 is 24.4 Å². The highest BCUT2D eigenvalue weighted by atomic mass is 35.5. The maximum absolute atomic E-state index is 13.1. The molecule has 1 aromatic heterocycles. The number of urea groups is 1. The lowest BCUT2D eigenvalue weighted by Gasteiger charge is -2.19. The van der Waals surface area contributed by atoms with Crippen molar-refractivity contribution in [1.29, 1.82) is 0 Å². The number of amides is 2. The van der Waals surface area contributed by atoms with E-state index in [1.165, 1.54) is 0 Å². The van der Waals surface area contributed by atoms with Crippen molar-refractivity contribution in [3.8, 4) is 17.2 Å². The number of nitrogens with one attached hydrogen (secondary N) is 1. The van der Waals surface area contributed by atoms with Crippen molar-refractivity contribution < 1.29 is 19.0 Å². The summed E-state index contributed by atoms with van der Waals surface area (Å²) in [6, 6.07) is 14.5. The molecule has 0 saturated carbocycles. The van der Waals surface area contributed by atoms with Crippen molar-refractivity contribution in [2.24, 2.45) is 0 Å². The van der Waals surface area contributed by atoms with Gasteiger partial charge in [-0.2, -0.15) is 0 Å². The number of hydrogen-bond acceptors (Lipinski definition) is 5. The molecule has 1 unspecified atom stereocenters. The molecular weight excluding hydrogens is 418 g/mol. The van der Waals surface area contributed by atoms with Gasteiger partial charge in [0.15, 0.2) is 11.5 Å². The van der Waals surface area contributed by atoms with E-state index in [2.05, 4.69) is 10.3 Å². The topological polar surface area (TPSA) is 72.9 Å². The molecule has 2 amide bonds. The molecule has 31 heavy (non-hydrogen) atoms. The van der Waals surface area contributed by atoms with Crippen LogP contribution in [0.5, 0.6) is 17.2 Å². The highest BCUT2D eigenvalue weighted by Crippen LogP contribution is 2.41. The number of aromatic nitrogens is 1. The normalized spacial score (nSPS) is 14.7. The number of anilines is 2. The van der Waals surface area contributed by atoms with Gasteiger partial charge in [-0.15, -0.1) is 0 Å². The van der Waals surface area contributed by atoms with Crippen molar-refractivity contribution in [2.75, 3.05) is 38.1 Å². The molecule has 160 valence electrons. The van der Waals surface area contributed by atoms with Crippen molar-refractivity contribution in [1.82, 2.24) is 4.98 Å². The molecule has 0 saturated heterocycles. The smallest absolute Gasteiger partial charge is 0.327 e. The van der Waals surface area contributed by atoms with E-state index in [0.717, 1.165) is 11.1 Å². The Balaban J connectivity index is 1.62. The number of benzene rings is 2. The number of hydrogen-bond donors (Lipinski definition) is 1. The van der Waals surface area contributed by atoms with Gasteiger partial charge < -0.3 is 19.5 Å². The second-order valence-corrected chi connectivity index (χ2v) is 7.38. The fourth-order valence-corrected chi connectivity index (χ4v) is 4.00. The lowest BCUT2D eigenvalue weighted by atomic mass is 9.94. The Kier molecular flexibility index (Phi) is 5.86. The number of carbonyl (C=O) groups is 1. The number of halogens is 1. The number of nitrogens with zero attached hydrogens (tertiary/aromatic N) is 2. The minimum atomic E-state index is -0.288. The summed E-state index contributed by atoms with van der Waals surface area (Å²) < 4.78 is 16.0. The summed E-state index contributed by atoms with van der Waals surface area (Å²) in [5.41, 5.74) is 2.55. The lowest BCUT2D eigenvalue weighted by Crippen LogP contribution is -2.34. The van der Waals surface area contributed by atoms with E-state index < -0.39 is 0 Å². The van der Waals surface area contributed by atoms with Crippen molar-refractivity contribution in [2.45, 2.75) is 5.92 Å². The van der Waals surface area contributed by atoms with Crippen molar-refractivity contribution >= 4 is 29.1 Å². The summed E-state index contributed by atoms with van der Waals surface area (Å²) in [6.07, 6.45) is 1.68. The van der Waals surface area contributed by atoms with E-state index in [9.17, 15) is 4.79 Å². The van der Waals surface area contributed by atoms with E-state index in [1.807, 2.05) is 30.3 Å². The molecule has 0 fully saturated rings. The summed E-state index contributed by atoms with van der Waals surface area (Å²) in [5, 5.41) is 3.31. The predicted molar refractivity (Wildman–Crippen MR) is 120 cm³/mol. The predicted octanol–water partition coefficient (Wildman–Crippen LogP) is 4.94. The molecule has 0 spiro atoms. The SMILES string of the molecule is COc1ccc(NC(=O)N2CC(c3ccc(OC)c(OC)c3)c3cccnc32)cc1Cl. The van der Waals surface area contributed by atoms with Crippen LogP contribution in [0.1, 0.15) is 17.0 Å². The number of carbonyl (C=O) groups excluding carboxylic acids is 1. The third-order valence-electron chi connectivity index (χ3n) is 5.27. The second kappa shape index (κ2) is 8.73. The van der Waals surface area contributed by atoms with Gasteiger partial charge in [0.2, 0.25) is 0 Å². The van der Waals surface area contributed by atoms with Crippen LogP contribution in [0.4, 0.5) is 16.3 Å². The Morgan fingerprint density at radius 2 is 1.77 bits per heavy atom. The van der Waals surface area contributed by atoms with Crippen LogP contribution in [0, 0.1) is 0 Å². The third-order valence-corrected chi connectivity index (χ3v) is 5.57. The van der Waals surface area contributed by atoms with Gasteiger partial charge in [0.05, 0.1) is 26.4 Å². The Labute approximate surface area is 185 Å². The van der Waals surface area contributed by atoms with Crippen LogP contribution in [-0.2, 0) is 0 Å². The molecule has 0 aliphatic carbocycles. The minimum absolute atomic E-state index is 0.0475. The van der Waals surface area contributed by atoms with Gasteiger partial charge in [0, 0.05) is 29.9 Å². The van der Waals surface area contributed by atoms with E-state index in [1.54, 1.807) is 50.6 Å². The Morgan fingerprint density at radius 1 is 1.03 bits per heavy atom. The number of methoxy groups -OCH3 is 3. The molecule has 3 aromatic rings. The van der Waals surface area contributed by atoms with Crippen LogP contribution in [0.3, 0.4) is 0 Å². The van der Waals surface area contributed by atoms with Crippen LogP contribution in [-0.4, -0.2) is 38.9 Å². The summed E-state index contributed by atoms with van der Waals surface area (Å²) in [6.45, 7) is 0.442. The first-order valence-electron chi connectivity index (χ1n) is 9.64. The van der Waals surface area contributed by atoms with Crippen molar-refractivity contribution in [3.63, 3.8) is 0 Å². The number of pyridine rings is 1. The largest absolute Gasteiger partial charge is 0.495 e. The van der Waals surface area contributed by atoms with Gasteiger partial charge in [-0.3, -0.25) is 4.90 Å². The van der Waals surface area contributed by atoms with Gasteiger partial charge in [-0.25, -0.2) is 9.78 Å². The molecule has 0 radical (unpaired) electrons. The van der Waals surface area contributed by atoms with Gasteiger partial charge in [0.1, 0.15) is 11.6 Å². The van der Waals surface area contributed by atoms with Gasteiger partial charge in [-0.05, 0) is 42.0 Å². The molecule has 2 heterocycles. The molecule has 7 nitrogen and oxygen atoms in total. The van der Waals surface area contributed by atoms with Gasteiger partial charge >= 0.3 is 6.03 Å². The zero-order chi connectivity index (χ0) is 22.0. The Hall–Kier alpha value is -3.45. The van der Waals surface area contributed by atoms with Gasteiger partial charge in [0.25, 0.3) is 0 Å². The first kappa shape index (κ1) is 20.8. The van der Waals surface area contributed by atoms with E-state index in [4.69, 9.17) is 25.8 Å². The number of fused-ring (bicyclic) bond motifs is 1. The molecule has 4 rings (SSSR count). The molecule has 0 bridgehead atoms. The Morgan fingerprint density at radius 3 is 2.48 bits per heavy atom. The van der Waals surface area contributed by atoms with Crippen molar-refractivity contribution in [3.05, 3.63) is 70.9 Å². The summed E-state index contributed by atoms with van der Waals surface area (Å²) in [4.78, 5) is 19.2. The maximum Gasteiger partial charge on any atom is 0.327 e. The first-order chi connectivity index (χ1) is 15.0. The monoisotopic (exact) mass is 439 g/mol. The summed E-state index contributed by atoms with van der Waals surface area (Å²) in [7, 11) is 4.75.